The van der Waals surface area contributed by atoms with Crippen LogP contribution in [0.1, 0.15) is 32.6 Å². The number of benzene rings is 4. The summed E-state index contributed by atoms with van der Waals surface area (Å²) in [6.07, 6.45) is 0.689. The first-order valence-electron chi connectivity index (χ1n) is 15.1. The van der Waals surface area contributed by atoms with Gasteiger partial charge in [0.05, 0.1) is 20.1 Å². The van der Waals surface area contributed by atoms with E-state index in [1.54, 1.807) is 41.7 Å². The van der Waals surface area contributed by atoms with Crippen molar-refractivity contribution in [3.05, 3.63) is 154 Å². The van der Waals surface area contributed by atoms with Crippen molar-refractivity contribution in [2.45, 2.75) is 25.4 Å². The highest BCUT2D eigenvalue weighted by Gasteiger charge is 2.23. The zero-order chi connectivity index (χ0) is 32.1. The minimum atomic E-state index is -0.720. The van der Waals surface area contributed by atoms with Crippen molar-refractivity contribution in [2.24, 2.45) is 0 Å². The van der Waals surface area contributed by atoms with E-state index in [0.717, 1.165) is 16.7 Å². The molecular formula is C38H36N2O5S. The lowest BCUT2D eigenvalue weighted by Gasteiger charge is -2.23. The summed E-state index contributed by atoms with van der Waals surface area (Å²) in [4.78, 5) is 41.0. The van der Waals surface area contributed by atoms with Gasteiger partial charge in [0.15, 0.2) is 5.78 Å². The molecule has 4 aromatic carbocycles. The van der Waals surface area contributed by atoms with Gasteiger partial charge in [0.25, 0.3) is 0 Å². The third kappa shape index (κ3) is 8.92. The Morgan fingerprint density at radius 1 is 0.783 bits per heavy atom. The third-order valence-electron chi connectivity index (χ3n) is 7.52. The lowest BCUT2D eigenvalue weighted by Crippen LogP contribution is -2.35. The molecule has 0 saturated heterocycles. The Morgan fingerprint density at radius 2 is 1.48 bits per heavy atom. The standard InChI is InChI=1S/C38H36N2O5S/c1-44-38(43)35(39-34-15-9-8-14-33(34)37(42)31-12-6-3-7-13-31)24-28-16-18-32(19-17-28)45-22-21-40(26-29-10-4-2-5-11-29)36(41)25-30-20-23-46-27-30/h2-20,23,27,35,39H,21-22,24-26H2,1H3/t35-/m0/s1. The number of para-hydroxylation sites is 1. The Hall–Kier alpha value is -5.21. The van der Waals surface area contributed by atoms with Gasteiger partial charge in [-0.3, -0.25) is 9.59 Å². The number of nitrogens with one attached hydrogen (secondary N) is 1. The second kappa shape index (κ2) is 16.2. The molecule has 234 valence electrons. The summed E-state index contributed by atoms with van der Waals surface area (Å²) in [6.45, 7) is 1.28. The summed E-state index contributed by atoms with van der Waals surface area (Å²) in [5, 5.41) is 7.22. The minimum absolute atomic E-state index is 0.0506. The maximum atomic E-state index is 13.2. The Morgan fingerprint density at radius 3 is 2.17 bits per heavy atom. The lowest BCUT2D eigenvalue weighted by atomic mass is 10.00. The van der Waals surface area contributed by atoms with Crippen molar-refractivity contribution in [3.63, 3.8) is 0 Å². The summed E-state index contributed by atoms with van der Waals surface area (Å²) in [7, 11) is 1.35. The number of rotatable bonds is 15. The molecular weight excluding hydrogens is 596 g/mol. The Balaban J connectivity index is 1.21. The summed E-state index contributed by atoms with van der Waals surface area (Å²) in [5.74, 6) is 0.141. The molecule has 5 aromatic rings. The van der Waals surface area contributed by atoms with E-state index in [1.807, 2.05) is 101 Å². The summed E-state index contributed by atoms with van der Waals surface area (Å²) in [6, 6.07) is 34.9. The van der Waals surface area contributed by atoms with E-state index in [0.29, 0.717) is 55.1 Å². The summed E-state index contributed by atoms with van der Waals surface area (Å²) in [5.41, 5.74) is 4.56. The molecule has 0 aliphatic heterocycles. The Bertz CT molecular complexity index is 1710. The third-order valence-corrected chi connectivity index (χ3v) is 8.25. The number of hydrogen-bond acceptors (Lipinski definition) is 7. The second-order valence-electron chi connectivity index (χ2n) is 10.8. The van der Waals surface area contributed by atoms with Gasteiger partial charge in [-0.05, 0) is 57.8 Å². The van der Waals surface area contributed by atoms with Crippen LogP contribution in [-0.4, -0.2) is 48.9 Å². The van der Waals surface area contributed by atoms with Gasteiger partial charge < -0.3 is 19.7 Å². The molecule has 0 radical (unpaired) electrons. The Kier molecular flexibility index (Phi) is 11.3. The average molecular weight is 633 g/mol. The minimum Gasteiger partial charge on any atom is -0.492 e. The molecule has 8 heteroatoms. The van der Waals surface area contributed by atoms with E-state index < -0.39 is 12.0 Å². The highest BCUT2D eigenvalue weighted by molar-refractivity contribution is 7.08. The molecule has 0 aliphatic rings. The molecule has 7 nitrogen and oxygen atoms in total. The number of ether oxygens (including phenoxy) is 2. The molecule has 1 amide bonds. The predicted molar refractivity (Wildman–Crippen MR) is 181 cm³/mol. The predicted octanol–water partition coefficient (Wildman–Crippen LogP) is 6.83. The molecule has 0 saturated carbocycles. The zero-order valence-electron chi connectivity index (χ0n) is 25.6. The second-order valence-corrected chi connectivity index (χ2v) is 11.5. The molecule has 0 bridgehead atoms. The van der Waals surface area contributed by atoms with Crippen LogP contribution < -0.4 is 10.1 Å². The van der Waals surface area contributed by atoms with Gasteiger partial charge in [0.2, 0.25) is 5.91 Å². The van der Waals surface area contributed by atoms with Crippen molar-refractivity contribution in [1.29, 1.82) is 0 Å². The van der Waals surface area contributed by atoms with Crippen LogP contribution >= 0.6 is 11.3 Å². The molecule has 0 aliphatic carbocycles. The first-order chi connectivity index (χ1) is 22.5. The van der Waals surface area contributed by atoms with Crippen LogP contribution in [0.5, 0.6) is 5.75 Å². The Labute approximate surface area is 273 Å². The molecule has 1 atom stereocenters. The summed E-state index contributed by atoms with van der Waals surface area (Å²) < 4.78 is 11.1. The fourth-order valence-corrected chi connectivity index (χ4v) is 5.75. The average Bonchev–Trinajstić information content (AvgIpc) is 3.61. The quantitative estimate of drug-likeness (QED) is 0.101. The maximum Gasteiger partial charge on any atom is 0.328 e. The van der Waals surface area contributed by atoms with Gasteiger partial charge in [-0.25, -0.2) is 4.79 Å². The van der Waals surface area contributed by atoms with Crippen molar-refractivity contribution < 1.29 is 23.9 Å². The molecule has 1 N–H and O–H groups in total. The van der Waals surface area contributed by atoms with Crippen LogP contribution in [0.3, 0.4) is 0 Å². The van der Waals surface area contributed by atoms with Gasteiger partial charge in [0.1, 0.15) is 18.4 Å². The molecule has 0 spiro atoms. The van der Waals surface area contributed by atoms with E-state index in [2.05, 4.69) is 5.32 Å². The van der Waals surface area contributed by atoms with Crippen LogP contribution in [-0.2, 0) is 33.7 Å². The highest BCUT2D eigenvalue weighted by atomic mass is 32.1. The van der Waals surface area contributed by atoms with Gasteiger partial charge in [0, 0.05) is 29.8 Å². The first-order valence-corrected chi connectivity index (χ1v) is 16.0. The van der Waals surface area contributed by atoms with Gasteiger partial charge in [-0.15, -0.1) is 0 Å². The molecule has 1 heterocycles. The fraction of sp³-hybridized carbons (Fsp3) is 0.184. The molecule has 46 heavy (non-hydrogen) atoms. The van der Waals surface area contributed by atoms with Gasteiger partial charge in [-0.2, -0.15) is 11.3 Å². The number of thiophene rings is 1. The first kappa shape index (κ1) is 32.2. The number of anilines is 1. The van der Waals surface area contributed by atoms with E-state index in [-0.39, 0.29) is 11.7 Å². The number of carbonyl (C=O) groups is 3. The van der Waals surface area contributed by atoms with Crippen molar-refractivity contribution in [3.8, 4) is 5.75 Å². The monoisotopic (exact) mass is 632 g/mol. The SMILES string of the molecule is COC(=O)[C@H](Cc1ccc(OCCN(Cc2ccccc2)C(=O)Cc2ccsc2)cc1)Nc1ccccc1C(=O)c1ccccc1. The molecule has 0 fully saturated rings. The topological polar surface area (TPSA) is 84.9 Å². The van der Waals surface area contributed by atoms with Crippen molar-refractivity contribution in [1.82, 2.24) is 4.90 Å². The smallest absolute Gasteiger partial charge is 0.328 e. The number of esters is 1. The van der Waals surface area contributed by atoms with E-state index in [1.165, 1.54) is 7.11 Å². The van der Waals surface area contributed by atoms with Crippen LogP contribution in [0.4, 0.5) is 5.69 Å². The van der Waals surface area contributed by atoms with Gasteiger partial charge >= 0.3 is 5.97 Å². The number of ketones is 1. The van der Waals surface area contributed by atoms with E-state index >= 15 is 0 Å². The number of methoxy groups -OCH3 is 1. The van der Waals surface area contributed by atoms with E-state index in [4.69, 9.17) is 9.47 Å². The number of carbonyl (C=O) groups excluding carboxylic acids is 3. The maximum absolute atomic E-state index is 13.2. The van der Waals surface area contributed by atoms with Crippen LogP contribution in [0.2, 0.25) is 0 Å². The van der Waals surface area contributed by atoms with Crippen molar-refractivity contribution >= 4 is 34.7 Å². The zero-order valence-corrected chi connectivity index (χ0v) is 26.5. The van der Waals surface area contributed by atoms with Crippen molar-refractivity contribution in [2.75, 3.05) is 25.6 Å². The fourth-order valence-electron chi connectivity index (χ4n) is 5.08. The molecule has 0 unspecified atom stereocenters. The molecule has 1 aromatic heterocycles. The summed E-state index contributed by atoms with van der Waals surface area (Å²) >= 11 is 1.58. The van der Waals surface area contributed by atoms with Gasteiger partial charge in [-0.1, -0.05) is 84.9 Å². The number of nitrogens with zero attached hydrogens (tertiary/aromatic N) is 1. The number of amides is 1. The van der Waals surface area contributed by atoms with Crippen LogP contribution in [0, 0.1) is 0 Å². The lowest BCUT2D eigenvalue weighted by molar-refractivity contribution is -0.141. The normalized spacial score (nSPS) is 11.3. The van der Waals surface area contributed by atoms with Crippen LogP contribution in [0.25, 0.3) is 0 Å². The van der Waals surface area contributed by atoms with Crippen LogP contribution in [0.15, 0.2) is 126 Å². The number of hydrogen-bond donors (Lipinski definition) is 1. The largest absolute Gasteiger partial charge is 0.492 e. The van der Waals surface area contributed by atoms with E-state index in [9.17, 15) is 14.4 Å². The highest BCUT2D eigenvalue weighted by Crippen LogP contribution is 2.22. The molecule has 5 rings (SSSR count).